The normalized spacial score (nSPS) is 11.6. The van der Waals surface area contributed by atoms with Gasteiger partial charge in [-0.15, -0.1) is 11.8 Å². The molecule has 0 amide bonds. The van der Waals surface area contributed by atoms with E-state index in [1.54, 1.807) is 26.0 Å². The van der Waals surface area contributed by atoms with E-state index in [4.69, 9.17) is 14.2 Å². The van der Waals surface area contributed by atoms with Crippen LogP contribution in [-0.4, -0.2) is 29.9 Å². The van der Waals surface area contributed by atoms with Gasteiger partial charge in [0, 0.05) is 23.1 Å². The number of esters is 1. The van der Waals surface area contributed by atoms with Crippen LogP contribution in [0.1, 0.15) is 13.8 Å². The van der Waals surface area contributed by atoms with Crippen molar-refractivity contribution < 1.29 is 23.9 Å². The monoisotopic (exact) mass is 455 g/mol. The van der Waals surface area contributed by atoms with Gasteiger partial charge in [-0.25, -0.2) is 4.79 Å². The number of benzene rings is 2. The topological polar surface area (TPSA) is 87.9 Å². The SMILES string of the molecule is CCOC(=O)C(C)Oc1cc(Oc2ccc([N+](=O)[O-])cc2Br)ccc1SC. The second kappa shape index (κ2) is 9.61. The van der Waals surface area contributed by atoms with E-state index in [2.05, 4.69) is 15.9 Å². The number of rotatable bonds is 8. The summed E-state index contributed by atoms with van der Waals surface area (Å²) in [5.41, 5.74) is -0.0424. The van der Waals surface area contributed by atoms with Crippen LogP contribution in [0.25, 0.3) is 0 Å². The Kier molecular flexibility index (Phi) is 7.49. The molecule has 0 bridgehead atoms. The van der Waals surface area contributed by atoms with Crippen molar-refractivity contribution >= 4 is 39.3 Å². The molecule has 2 aromatic carbocycles. The smallest absolute Gasteiger partial charge is 0.347 e. The first-order valence-corrected chi connectivity index (χ1v) is 10.0. The lowest BCUT2D eigenvalue weighted by atomic mass is 10.3. The Morgan fingerprint density at radius 3 is 2.59 bits per heavy atom. The van der Waals surface area contributed by atoms with Crippen molar-refractivity contribution in [2.45, 2.75) is 24.8 Å². The Hall–Kier alpha value is -2.26. The number of nitrogens with zero attached hydrogens (tertiary/aromatic N) is 1. The molecule has 0 aliphatic rings. The molecule has 0 aliphatic heterocycles. The standard InChI is InChI=1S/C18H18BrNO6S/c1-4-24-18(21)11(2)25-16-10-13(6-8-17(16)27-3)26-15-7-5-12(20(22)23)9-14(15)19/h5-11H,4H2,1-3H3. The molecule has 27 heavy (non-hydrogen) atoms. The zero-order valence-electron chi connectivity index (χ0n) is 14.9. The van der Waals surface area contributed by atoms with E-state index in [0.29, 0.717) is 21.7 Å². The zero-order valence-corrected chi connectivity index (χ0v) is 17.3. The minimum Gasteiger partial charge on any atom is -0.478 e. The van der Waals surface area contributed by atoms with E-state index in [0.717, 1.165) is 4.90 Å². The summed E-state index contributed by atoms with van der Waals surface area (Å²) in [5.74, 6) is 0.919. The molecule has 0 heterocycles. The van der Waals surface area contributed by atoms with Crippen LogP contribution in [0.2, 0.25) is 0 Å². The van der Waals surface area contributed by atoms with Gasteiger partial charge in [-0.1, -0.05) is 0 Å². The third-order valence-electron chi connectivity index (χ3n) is 3.41. The van der Waals surface area contributed by atoms with Gasteiger partial charge in [0.05, 0.1) is 16.0 Å². The Morgan fingerprint density at radius 1 is 1.26 bits per heavy atom. The van der Waals surface area contributed by atoms with E-state index in [9.17, 15) is 14.9 Å². The predicted molar refractivity (Wildman–Crippen MR) is 106 cm³/mol. The predicted octanol–water partition coefficient (Wildman–Crippen LogP) is 5.20. The third kappa shape index (κ3) is 5.61. The first-order valence-electron chi connectivity index (χ1n) is 7.98. The summed E-state index contributed by atoms with van der Waals surface area (Å²) in [5, 5.41) is 10.8. The molecule has 0 aliphatic carbocycles. The fourth-order valence-corrected chi connectivity index (χ4v) is 3.08. The number of nitro groups is 1. The second-order valence-corrected chi connectivity index (χ2v) is 7.00. The molecule has 0 saturated carbocycles. The maximum absolute atomic E-state index is 11.8. The number of carbonyl (C=O) groups is 1. The average molecular weight is 456 g/mol. The lowest BCUT2D eigenvalue weighted by Gasteiger charge is -2.17. The number of hydrogen-bond acceptors (Lipinski definition) is 7. The summed E-state index contributed by atoms with van der Waals surface area (Å²) in [6.07, 6.45) is 1.13. The molecular weight excluding hydrogens is 438 g/mol. The van der Waals surface area contributed by atoms with Crippen molar-refractivity contribution in [1.29, 1.82) is 0 Å². The van der Waals surface area contributed by atoms with E-state index in [1.807, 2.05) is 12.3 Å². The molecule has 0 spiro atoms. The van der Waals surface area contributed by atoms with Gasteiger partial charge in [0.15, 0.2) is 6.10 Å². The van der Waals surface area contributed by atoms with E-state index in [-0.39, 0.29) is 12.3 Å². The molecule has 9 heteroatoms. The molecule has 0 aromatic heterocycles. The Bertz CT molecular complexity index is 845. The Labute approximate surface area is 169 Å². The molecule has 0 N–H and O–H groups in total. The summed E-state index contributed by atoms with van der Waals surface area (Å²) in [4.78, 5) is 23.0. The van der Waals surface area contributed by atoms with Crippen LogP contribution in [0, 0.1) is 10.1 Å². The van der Waals surface area contributed by atoms with Crippen LogP contribution in [0.5, 0.6) is 17.2 Å². The van der Waals surface area contributed by atoms with Crippen LogP contribution >= 0.6 is 27.7 Å². The van der Waals surface area contributed by atoms with Crippen LogP contribution in [0.3, 0.4) is 0 Å². The fourth-order valence-electron chi connectivity index (χ4n) is 2.12. The average Bonchev–Trinajstić information content (AvgIpc) is 2.63. The van der Waals surface area contributed by atoms with Gasteiger partial charge in [0.1, 0.15) is 17.2 Å². The van der Waals surface area contributed by atoms with Gasteiger partial charge < -0.3 is 14.2 Å². The van der Waals surface area contributed by atoms with Gasteiger partial charge in [-0.3, -0.25) is 10.1 Å². The lowest BCUT2D eigenvalue weighted by molar-refractivity contribution is -0.384. The summed E-state index contributed by atoms with van der Waals surface area (Å²) >= 11 is 4.74. The second-order valence-electron chi connectivity index (χ2n) is 5.30. The number of thioether (sulfide) groups is 1. The molecule has 2 aromatic rings. The van der Waals surface area contributed by atoms with Crippen molar-refractivity contribution in [3.8, 4) is 17.2 Å². The van der Waals surface area contributed by atoms with Crippen molar-refractivity contribution in [2.24, 2.45) is 0 Å². The highest BCUT2D eigenvalue weighted by Gasteiger charge is 2.18. The molecule has 0 radical (unpaired) electrons. The van der Waals surface area contributed by atoms with Crippen LogP contribution in [0.4, 0.5) is 5.69 Å². The molecule has 144 valence electrons. The highest BCUT2D eigenvalue weighted by molar-refractivity contribution is 9.10. The third-order valence-corrected chi connectivity index (χ3v) is 4.81. The molecule has 0 fully saturated rings. The number of hydrogen-bond donors (Lipinski definition) is 0. The largest absolute Gasteiger partial charge is 0.478 e. The number of carbonyl (C=O) groups excluding carboxylic acids is 1. The van der Waals surface area contributed by atoms with Gasteiger partial charge in [0.2, 0.25) is 0 Å². The molecular formula is C18H18BrNO6S. The Balaban J connectivity index is 2.24. The molecule has 1 atom stereocenters. The van der Waals surface area contributed by atoms with Crippen molar-refractivity contribution in [2.75, 3.05) is 12.9 Å². The quantitative estimate of drug-likeness (QED) is 0.233. The maximum Gasteiger partial charge on any atom is 0.347 e. The number of halogens is 1. The van der Waals surface area contributed by atoms with Crippen molar-refractivity contribution in [3.63, 3.8) is 0 Å². The van der Waals surface area contributed by atoms with Gasteiger partial charge in [-0.05, 0) is 54.2 Å². The van der Waals surface area contributed by atoms with Crippen molar-refractivity contribution in [3.05, 3.63) is 51.0 Å². The van der Waals surface area contributed by atoms with Gasteiger partial charge in [-0.2, -0.15) is 0 Å². The zero-order chi connectivity index (χ0) is 20.0. The Morgan fingerprint density at radius 2 is 2.00 bits per heavy atom. The lowest BCUT2D eigenvalue weighted by Crippen LogP contribution is -2.26. The first-order chi connectivity index (χ1) is 12.8. The van der Waals surface area contributed by atoms with Crippen LogP contribution in [0.15, 0.2) is 45.8 Å². The molecule has 0 saturated heterocycles. The van der Waals surface area contributed by atoms with E-state index >= 15 is 0 Å². The maximum atomic E-state index is 11.8. The minimum absolute atomic E-state index is 0.0424. The van der Waals surface area contributed by atoms with Gasteiger partial charge in [0.25, 0.3) is 5.69 Å². The van der Waals surface area contributed by atoms with Crippen LogP contribution < -0.4 is 9.47 Å². The van der Waals surface area contributed by atoms with Crippen LogP contribution in [-0.2, 0) is 9.53 Å². The number of nitro benzene ring substituents is 1. The van der Waals surface area contributed by atoms with Crippen molar-refractivity contribution in [1.82, 2.24) is 0 Å². The molecule has 1 unspecified atom stereocenters. The fraction of sp³-hybridized carbons (Fsp3) is 0.278. The van der Waals surface area contributed by atoms with E-state index in [1.165, 1.54) is 30.0 Å². The van der Waals surface area contributed by atoms with E-state index < -0.39 is 17.0 Å². The first kappa shape index (κ1) is 21.0. The molecule has 2 rings (SSSR count). The summed E-state index contributed by atoms with van der Waals surface area (Å²) in [6, 6.07) is 9.46. The minimum atomic E-state index is -0.766. The summed E-state index contributed by atoms with van der Waals surface area (Å²) in [6.45, 7) is 3.62. The highest BCUT2D eigenvalue weighted by atomic mass is 79.9. The number of ether oxygens (including phenoxy) is 3. The van der Waals surface area contributed by atoms with Gasteiger partial charge >= 0.3 is 5.97 Å². The summed E-state index contributed by atoms with van der Waals surface area (Å²) in [7, 11) is 0. The highest BCUT2D eigenvalue weighted by Crippen LogP contribution is 2.37. The number of non-ortho nitro benzene ring substituents is 1. The molecule has 7 nitrogen and oxygen atoms in total. The summed E-state index contributed by atoms with van der Waals surface area (Å²) < 4.78 is 16.9.